The van der Waals surface area contributed by atoms with Crippen LogP contribution >= 0.6 is 0 Å². The second kappa shape index (κ2) is 8.14. The number of rotatable bonds is 7. The first-order valence-corrected chi connectivity index (χ1v) is 7.24. The molecule has 5 heteroatoms. The molecule has 0 fully saturated rings. The minimum absolute atomic E-state index is 0.285. The number of nitrogens with zero attached hydrogens (tertiary/aromatic N) is 1. The van der Waals surface area contributed by atoms with Crippen molar-refractivity contribution in [3.63, 3.8) is 0 Å². The van der Waals surface area contributed by atoms with E-state index in [0.29, 0.717) is 12.3 Å². The number of H-pyrrole nitrogens is 1. The smallest absolute Gasteiger partial charge is 0.126 e. The van der Waals surface area contributed by atoms with Crippen molar-refractivity contribution in [3.8, 4) is 5.75 Å². The number of ether oxygens (including phenoxy) is 1. The zero-order valence-corrected chi connectivity index (χ0v) is 12.8. The second-order valence-corrected chi connectivity index (χ2v) is 4.64. The molecule has 22 heavy (non-hydrogen) atoms. The molecule has 116 valence electrons. The van der Waals surface area contributed by atoms with Gasteiger partial charge in [-0.15, -0.1) is 0 Å². The number of nitrogens with one attached hydrogen (secondary N) is 2. The van der Waals surface area contributed by atoms with Gasteiger partial charge in [0.2, 0.25) is 0 Å². The Morgan fingerprint density at radius 3 is 2.73 bits per heavy atom. The number of hydrogen-bond acceptors (Lipinski definition) is 3. The highest BCUT2D eigenvalue weighted by molar-refractivity contribution is 5.59. The number of aromatic amines is 1. The maximum Gasteiger partial charge on any atom is 0.126 e. The van der Waals surface area contributed by atoms with Crippen LogP contribution in [-0.2, 0) is 6.54 Å². The lowest BCUT2D eigenvalue weighted by Crippen LogP contribution is -2.12. The van der Waals surface area contributed by atoms with E-state index >= 15 is 0 Å². The van der Waals surface area contributed by atoms with Crippen molar-refractivity contribution in [2.24, 2.45) is 0 Å². The van der Waals surface area contributed by atoms with Crippen LogP contribution in [0.4, 0.5) is 4.39 Å². The number of halogens is 1. The van der Waals surface area contributed by atoms with E-state index in [-0.39, 0.29) is 5.82 Å². The molecule has 2 rings (SSSR count). The number of allylic oxidation sites excluding steroid dienone is 1. The zero-order valence-electron chi connectivity index (χ0n) is 12.8. The molecule has 1 heterocycles. The van der Waals surface area contributed by atoms with Crippen LogP contribution in [0.25, 0.3) is 12.2 Å². The topological polar surface area (TPSA) is 49.9 Å². The molecule has 0 saturated carbocycles. The maximum atomic E-state index is 12.8. The Kier molecular flexibility index (Phi) is 5.91. The van der Waals surface area contributed by atoms with Crippen molar-refractivity contribution in [2.45, 2.75) is 20.4 Å². The van der Waals surface area contributed by atoms with Crippen molar-refractivity contribution >= 4 is 12.2 Å². The molecule has 0 amide bonds. The molecule has 0 spiro atoms. The van der Waals surface area contributed by atoms with Gasteiger partial charge >= 0.3 is 0 Å². The summed E-state index contributed by atoms with van der Waals surface area (Å²) in [5.41, 5.74) is 1.72. The van der Waals surface area contributed by atoms with Crippen LogP contribution in [0.1, 0.15) is 31.1 Å². The number of imidazole rings is 1. The molecule has 0 saturated heterocycles. The average molecular weight is 301 g/mol. The molecule has 0 aliphatic heterocycles. The average Bonchev–Trinajstić information content (AvgIpc) is 2.90. The van der Waals surface area contributed by atoms with Crippen molar-refractivity contribution < 1.29 is 9.13 Å². The Morgan fingerprint density at radius 1 is 1.27 bits per heavy atom. The van der Waals surface area contributed by atoms with Gasteiger partial charge in [0, 0.05) is 6.08 Å². The quantitative estimate of drug-likeness (QED) is 0.766. The van der Waals surface area contributed by atoms with Crippen LogP contribution in [0.2, 0.25) is 0 Å². The molecule has 0 unspecified atom stereocenters. The fraction of sp³-hybridized carbons (Fsp3) is 0.235. The molecule has 2 aromatic rings. The Hall–Kier alpha value is -2.40. The Balaban J connectivity index is 2.07. The second-order valence-electron chi connectivity index (χ2n) is 4.64. The lowest BCUT2D eigenvalue weighted by molar-refractivity contribution is 0.483. The fourth-order valence-corrected chi connectivity index (χ4v) is 1.89. The first-order valence-electron chi connectivity index (χ1n) is 7.24. The highest BCUT2D eigenvalue weighted by Gasteiger charge is 2.05. The van der Waals surface area contributed by atoms with Crippen LogP contribution < -0.4 is 10.1 Å². The Bertz CT molecular complexity index is 644. The summed E-state index contributed by atoms with van der Waals surface area (Å²) in [5.74, 6) is 1.16. The summed E-state index contributed by atoms with van der Waals surface area (Å²) >= 11 is 0. The minimum atomic E-state index is -0.285. The monoisotopic (exact) mass is 301 g/mol. The standard InChI is InChI=1S/C17H20FN3O/c1-3-5-15-16(21-17(20-15)12-19-4-2)10-11-22-14-8-6-13(18)7-9-14/h3,5-11,19H,4,12H2,1-2H3,(H,20,21)/b5-3-,11-10+. The fourth-order valence-electron chi connectivity index (χ4n) is 1.89. The normalized spacial score (nSPS) is 11.6. The number of hydrogen-bond donors (Lipinski definition) is 2. The largest absolute Gasteiger partial charge is 0.465 e. The van der Waals surface area contributed by atoms with Crippen LogP contribution in [0.3, 0.4) is 0 Å². The third-order valence-electron chi connectivity index (χ3n) is 2.93. The molecule has 0 bridgehead atoms. The van der Waals surface area contributed by atoms with Gasteiger partial charge in [0.25, 0.3) is 0 Å². The first-order chi connectivity index (χ1) is 10.7. The molecule has 0 atom stereocenters. The third-order valence-corrected chi connectivity index (χ3v) is 2.93. The molecule has 0 radical (unpaired) electrons. The highest BCUT2D eigenvalue weighted by atomic mass is 19.1. The summed E-state index contributed by atoms with van der Waals surface area (Å²) in [5, 5.41) is 3.23. The van der Waals surface area contributed by atoms with Gasteiger partial charge in [0.05, 0.1) is 24.2 Å². The summed E-state index contributed by atoms with van der Waals surface area (Å²) in [6.45, 7) is 5.58. The van der Waals surface area contributed by atoms with Gasteiger partial charge in [-0.1, -0.05) is 13.0 Å². The predicted molar refractivity (Wildman–Crippen MR) is 86.7 cm³/mol. The van der Waals surface area contributed by atoms with Crippen LogP contribution in [0.5, 0.6) is 5.75 Å². The van der Waals surface area contributed by atoms with E-state index in [1.54, 1.807) is 24.5 Å². The van der Waals surface area contributed by atoms with Gasteiger partial charge in [-0.25, -0.2) is 9.37 Å². The van der Waals surface area contributed by atoms with Gasteiger partial charge in [-0.05, 0) is 43.8 Å². The van der Waals surface area contributed by atoms with E-state index in [4.69, 9.17) is 4.74 Å². The van der Waals surface area contributed by atoms with Crippen LogP contribution in [0.15, 0.2) is 36.6 Å². The van der Waals surface area contributed by atoms with Crippen LogP contribution in [-0.4, -0.2) is 16.5 Å². The van der Waals surface area contributed by atoms with Gasteiger partial charge in [-0.3, -0.25) is 0 Å². The van der Waals surface area contributed by atoms with Crippen molar-refractivity contribution in [2.75, 3.05) is 6.54 Å². The van der Waals surface area contributed by atoms with E-state index in [1.165, 1.54) is 12.1 Å². The molecule has 1 aromatic heterocycles. The summed E-state index contributed by atoms with van der Waals surface area (Å²) in [6, 6.07) is 5.87. The lowest BCUT2D eigenvalue weighted by Gasteiger charge is -1.98. The zero-order chi connectivity index (χ0) is 15.8. The molecule has 0 aliphatic rings. The lowest BCUT2D eigenvalue weighted by atomic mass is 10.3. The molecular weight excluding hydrogens is 281 g/mol. The van der Waals surface area contributed by atoms with Crippen molar-refractivity contribution in [3.05, 3.63) is 59.6 Å². The van der Waals surface area contributed by atoms with E-state index in [0.717, 1.165) is 23.8 Å². The van der Waals surface area contributed by atoms with Gasteiger partial charge in [-0.2, -0.15) is 0 Å². The van der Waals surface area contributed by atoms with Crippen molar-refractivity contribution in [1.29, 1.82) is 0 Å². The van der Waals surface area contributed by atoms with E-state index in [2.05, 4.69) is 15.3 Å². The summed E-state index contributed by atoms with van der Waals surface area (Å²) in [6.07, 6.45) is 7.24. The molecule has 2 N–H and O–H groups in total. The van der Waals surface area contributed by atoms with Crippen LogP contribution in [0, 0.1) is 5.82 Å². The SMILES string of the molecule is C/C=C\c1[nH]c(CNCC)nc1/C=C/Oc1ccc(F)cc1. The Morgan fingerprint density at radius 2 is 2.05 bits per heavy atom. The highest BCUT2D eigenvalue weighted by Crippen LogP contribution is 2.14. The van der Waals surface area contributed by atoms with E-state index < -0.39 is 0 Å². The van der Waals surface area contributed by atoms with E-state index in [9.17, 15) is 4.39 Å². The number of benzene rings is 1. The summed E-state index contributed by atoms with van der Waals surface area (Å²) in [7, 11) is 0. The van der Waals surface area contributed by atoms with Gasteiger partial charge in [0.15, 0.2) is 0 Å². The van der Waals surface area contributed by atoms with Gasteiger partial charge in [0.1, 0.15) is 17.4 Å². The summed E-state index contributed by atoms with van der Waals surface area (Å²) in [4.78, 5) is 7.77. The first kappa shape index (κ1) is 16.0. The van der Waals surface area contributed by atoms with Gasteiger partial charge < -0.3 is 15.0 Å². The summed E-state index contributed by atoms with van der Waals surface area (Å²) < 4.78 is 18.3. The third kappa shape index (κ3) is 4.56. The molecule has 0 aliphatic carbocycles. The minimum Gasteiger partial charge on any atom is -0.465 e. The molecular formula is C17H20FN3O. The maximum absolute atomic E-state index is 12.8. The van der Waals surface area contributed by atoms with E-state index in [1.807, 2.05) is 26.0 Å². The predicted octanol–water partition coefficient (Wildman–Crippen LogP) is 3.74. The number of aromatic nitrogens is 2. The molecule has 1 aromatic carbocycles. The molecule has 4 nitrogen and oxygen atoms in total. The Labute approximate surface area is 129 Å². The van der Waals surface area contributed by atoms with Crippen molar-refractivity contribution in [1.82, 2.24) is 15.3 Å².